The molecule has 31 heavy (non-hydrogen) atoms. The quantitative estimate of drug-likeness (QED) is 0.162. The first kappa shape index (κ1) is 27.4. The molecule has 0 saturated heterocycles. The van der Waals surface area contributed by atoms with Crippen LogP contribution in [0.5, 0.6) is 0 Å². The van der Waals surface area contributed by atoms with Crippen molar-refractivity contribution in [2.75, 3.05) is 20.6 Å². The first-order chi connectivity index (χ1) is 14.7. The predicted octanol–water partition coefficient (Wildman–Crippen LogP) is 7.11. The summed E-state index contributed by atoms with van der Waals surface area (Å²) in [4.78, 5) is 12.6. The maximum Gasteiger partial charge on any atom is 0.367 e. The highest BCUT2D eigenvalue weighted by atomic mass is 31.2. The van der Waals surface area contributed by atoms with Crippen LogP contribution in [0.4, 0.5) is 0 Å². The topological polar surface area (TPSA) is 61.8 Å². The molecule has 0 aliphatic carbocycles. The number of hydrogen-bond acceptors (Lipinski definition) is 5. The van der Waals surface area contributed by atoms with Crippen LogP contribution in [0.25, 0.3) is 0 Å². The Balaban J connectivity index is 2.65. The molecule has 0 heterocycles. The summed E-state index contributed by atoms with van der Waals surface area (Å²) in [6.07, 6.45) is 10.0. The molecule has 6 heteroatoms. The number of benzene rings is 1. The molecule has 1 rings (SSSR count). The summed E-state index contributed by atoms with van der Waals surface area (Å²) < 4.78 is 27.0. The molecule has 174 valence electrons. The molecule has 0 amide bonds. The maximum atomic E-state index is 12.6. The number of rotatable bonds is 15. The minimum Gasteiger partial charge on any atom is -0.452 e. The van der Waals surface area contributed by atoms with Crippen molar-refractivity contribution in [1.29, 1.82) is 0 Å². The number of carbonyl (C=O) groups excluding carboxylic acids is 1. The van der Waals surface area contributed by atoms with Gasteiger partial charge in [-0.05, 0) is 56.4 Å². The Hall–Kier alpha value is -1.68. The molecule has 3 atom stereocenters. The van der Waals surface area contributed by atoms with Crippen LogP contribution in [-0.2, 0) is 23.1 Å². The van der Waals surface area contributed by atoms with Crippen LogP contribution in [0.1, 0.15) is 64.4 Å². The summed E-state index contributed by atoms with van der Waals surface area (Å²) in [5.41, 5.74) is 0.672. The lowest BCUT2D eigenvalue weighted by atomic mass is 9.83. The molecule has 0 N–H and O–H groups in total. The highest BCUT2D eigenvalue weighted by Gasteiger charge is 2.34. The first-order valence-electron chi connectivity index (χ1n) is 10.9. The Morgan fingerprint density at radius 2 is 1.84 bits per heavy atom. The van der Waals surface area contributed by atoms with Gasteiger partial charge in [-0.25, -0.2) is 0 Å². The van der Waals surface area contributed by atoms with Gasteiger partial charge in [-0.1, -0.05) is 62.4 Å². The van der Waals surface area contributed by atoms with Crippen molar-refractivity contribution >= 4 is 13.6 Å². The number of allylic oxidation sites excluding steroid dienone is 3. The van der Waals surface area contributed by atoms with E-state index in [4.69, 9.17) is 13.8 Å². The molecule has 0 spiro atoms. The Bertz CT molecular complexity index is 738. The van der Waals surface area contributed by atoms with Crippen LogP contribution in [0.3, 0.4) is 0 Å². The molecule has 0 saturated carbocycles. The monoisotopic (exact) mass is 450 g/mol. The second-order valence-corrected chi connectivity index (χ2v) is 10.5. The predicted molar refractivity (Wildman–Crippen MR) is 127 cm³/mol. The average molecular weight is 451 g/mol. The molecule has 0 aliphatic heterocycles. The van der Waals surface area contributed by atoms with E-state index in [1.54, 1.807) is 0 Å². The third-order valence-electron chi connectivity index (χ3n) is 5.93. The second-order valence-electron chi connectivity index (χ2n) is 8.26. The number of hydrogen-bond donors (Lipinski definition) is 0. The molecule has 1 aromatic carbocycles. The first-order valence-corrected chi connectivity index (χ1v) is 12.7. The van der Waals surface area contributed by atoms with Gasteiger partial charge >= 0.3 is 13.6 Å². The van der Waals surface area contributed by atoms with E-state index in [1.807, 2.05) is 26.0 Å². The van der Waals surface area contributed by atoms with Gasteiger partial charge in [0.1, 0.15) is 0 Å². The van der Waals surface area contributed by atoms with Crippen LogP contribution in [0.2, 0.25) is 0 Å². The summed E-state index contributed by atoms with van der Waals surface area (Å²) >= 11 is 0. The van der Waals surface area contributed by atoms with E-state index in [1.165, 1.54) is 19.8 Å². The minimum atomic E-state index is -3.37. The third kappa shape index (κ3) is 9.14. The molecule has 1 aromatic rings. The van der Waals surface area contributed by atoms with Crippen molar-refractivity contribution in [1.82, 2.24) is 0 Å². The lowest BCUT2D eigenvalue weighted by Crippen LogP contribution is -2.29. The van der Waals surface area contributed by atoms with Gasteiger partial charge in [-0.3, -0.25) is 9.36 Å². The maximum absolute atomic E-state index is 12.6. The molecule has 0 fully saturated rings. The summed E-state index contributed by atoms with van der Waals surface area (Å²) in [5, 5.41) is 0. The van der Waals surface area contributed by atoms with Crippen molar-refractivity contribution in [3.8, 4) is 0 Å². The van der Waals surface area contributed by atoms with E-state index >= 15 is 0 Å². The van der Waals surface area contributed by atoms with Gasteiger partial charge in [0.25, 0.3) is 0 Å². The zero-order valence-electron chi connectivity index (χ0n) is 19.7. The highest BCUT2D eigenvalue weighted by molar-refractivity contribution is 7.53. The largest absolute Gasteiger partial charge is 0.452 e. The van der Waals surface area contributed by atoms with E-state index in [9.17, 15) is 9.36 Å². The van der Waals surface area contributed by atoms with Gasteiger partial charge in [-0.2, -0.15) is 0 Å². The van der Waals surface area contributed by atoms with Gasteiger partial charge in [-0.15, -0.1) is 6.58 Å². The number of esters is 1. The zero-order valence-corrected chi connectivity index (χ0v) is 20.6. The summed E-state index contributed by atoms with van der Waals surface area (Å²) in [6.45, 7) is 9.93. The van der Waals surface area contributed by atoms with Crippen molar-refractivity contribution in [2.45, 2.75) is 58.8 Å². The SMILES string of the molecule is C=CC(C)CC(CC/C=C\CC(C)(CC)C(=O)OCP(=O)(OC)OC)c1ccccc1. The molecular formula is C25H39O5P. The van der Waals surface area contributed by atoms with Crippen molar-refractivity contribution < 1.29 is 23.1 Å². The van der Waals surface area contributed by atoms with Crippen molar-refractivity contribution in [2.24, 2.45) is 11.3 Å². The fraction of sp³-hybridized carbons (Fsp3) is 0.560. The second kappa shape index (κ2) is 13.7. The average Bonchev–Trinajstić information content (AvgIpc) is 2.81. The molecule has 0 aromatic heterocycles. The molecule has 0 bridgehead atoms. The van der Waals surface area contributed by atoms with E-state index in [-0.39, 0.29) is 6.35 Å². The number of carbonyl (C=O) groups is 1. The van der Waals surface area contributed by atoms with Crippen LogP contribution < -0.4 is 0 Å². The van der Waals surface area contributed by atoms with Crippen molar-refractivity contribution in [3.05, 3.63) is 60.7 Å². The van der Waals surface area contributed by atoms with Gasteiger partial charge in [0, 0.05) is 14.2 Å². The van der Waals surface area contributed by atoms with Gasteiger partial charge in [0.05, 0.1) is 5.41 Å². The lowest BCUT2D eigenvalue weighted by Gasteiger charge is -2.25. The Morgan fingerprint density at radius 3 is 2.39 bits per heavy atom. The lowest BCUT2D eigenvalue weighted by molar-refractivity contribution is -0.153. The Morgan fingerprint density at radius 1 is 1.19 bits per heavy atom. The van der Waals surface area contributed by atoms with E-state index in [0.717, 1.165) is 19.3 Å². The van der Waals surface area contributed by atoms with Crippen LogP contribution in [0.15, 0.2) is 55.1 Å². The summed E-state index contributed by atoms with van der Waals surface area (Å²) in [6, 6.07) is 10.6. The molecule has 3 unspecified atom stereocenters. The number of ether oxygens (including phenoxy) is 1. The minimum absolute atomic E-state index is 0.377. The summed E-state index contributed by atoms with van der Waals surface area (Å²) in [5.74, 6) is 0.539. The van der Waals surface area contributed by atoms with Crippen LogP contribution in [0, 0.1) is 11.3 Å². The zero-order chi connectivity index (χ0) is 23.3. The third-order valence-corrected chi connectivity index (χ3v) is 7.49. The van der Waals surface area contributed by atoms with Crippen LogP contribution >= 0.6 is 7.60 Å². The standard InChI is InChI=1S/C25H39O5P/c1-7-21(3)19-23(22-15-11-9-12-16-22)17-13-10-14-18-25(4,8-2)24(26)30-20-31(27,28-5)29-6/h7,9-12,14-16,21,23H,1,8,13,17-20H2,2-6H3/b14-10-. The summed E-state index contributed by atoms with van der Waals surface area (Å²) in [7, 11) is -0.822. The van der Waals surface area contributed by atoms with Crippen LogP contribution in [-0.4, -0.2) is 26.5 Å². The Kier molecular flexibility index (Phi) is 12.1. The fourth-order valence-electron chi connectivity index (χ4n) is 3.31. The van der Waals surface area contributed by atoms with Crippen molar-refractivity contribution in [3.63, 3.8) is 0 Å². The van der Waals surface area contributed by atoms with E-state index in [0.29, 0.717) is 24.7 Å². The molecular weight excluding hydrogens is 411 g/mol. The molecule has 5 nitrogen and oxygen atoms in total. The van der Waals surface area contributed by atoms with E-state index in [2.05, 4.69) is 49.9 Å². The Labute approximate surface area is 188 Å². The highest BCUT2D eigenvalue weighted by Crippen LogP contribution is 2.46. The smallest absolute Gasteiger partial charge is 0.367 e. The van der Waals surface area contributed by atoms with E-state index < -0.39 is 19.0 Å². The van der Waals surface area contributed by atoms with Gasteiger partial charge < -0.3 is 13.8 Å². The fourth-order valence-corrected chi connectivity index (χ4v) is 3.95. The molecule has 0 radical (unpaired) electrons. The van der Waals surface area contributed by atoms with Gasteiger partial charge in [0.15, 0.2) is 6.35 Å². The van der Waals surface area contributed by atoms with Gasteiger partial charge in [0.2, 0.25) is 0 Å². The normalized spacial score (nSPS) is 15.9. The molecule has 0 aliphatic rings.